The minimum atomic E-state index is 0.251. The molecule has 5 rings (SSSR count). The van der Waals surface area contributed by atoms with Crippen LogP contribution in [0.25, 0.3) is 0 Å². The average Bonchev–Trinajstić information content (AvgIpc) is 3.38. The zero-order valence-corrected chi connectivity index (χ0v) is 17.6. The molecule has 2 aromatic carbocycles. The number of para-hydroxylation sites is 2. The summed E-state index contributed by atoms with van der Waals surface area (Å²) in [5.74, 6) is 0.628. The summed E-state index contributed by atoms with van der Waals surface area (Å²) in [4.78, 5) is 7.94. The summed E-state index contributed by atoms with van der Waals surface area (Å²) in [6.45, 7) is 3.22. The highest BCUT2D eigenvalue weighted by molar-refractivity contribution is 5.95. The maximum Gasteiger partial charge on any atom is 0.0863 e. The first-order chi connectivity index (χ1) is 14.3. The van der Waals surface area contributed by atoms with Gasteiger partial charge in [-0.1, -0.05) is 55.3 Å². The van der Waals surface area contributed by atoms with Crippen molar-refractivity contribution >= 4 is 17.1 Å². The van der Waals surface area contributed by atoms with E-state index in [4.69, 9.17) is 4.99 Å². The Balaban J connectivity index is 1.43. The van der Waals surface area contributed by atoms with Gasteiger partial charge in [0.2, 0.25) is 0 Å². The molecule has 3 nitrogen and oxygen atoms in total. The van der Waals surface area contributed by atoms with Crippen molar-refractivity contribution in [1.82, 2.24) is 5.32 Å². The number of rotatable bonds is 5. The van der Waals surface area contributed by atoms with Gasteiger partial charge < -0.3 is 4.90 Å². The third-order valence-corrected chi connectivity index (χ3v) is 7.40. The second-order valence-electron chi connectivity index (χ2n) is 9.23. The predicted molar refractivity (Wildman–Crippen MR) is 122 cm³/mol. The fourth-order valence-corrected chi connectivity index (χ4v) is 6.05. The Labute approximate surface area is 175 Å². The quantitative estimate of drug-likeness (QED) is 0.695. The van der Waals surface area contributed by atoms with E-state index in [0.29, 0.717) is 12.0 Å². The van der Waals surface area contributed by atoms with Crippen molar-refractivity contribution in [3.63, 3.8) is 0 Å². The van der Waals surface area contributed by atoms with Crippen molar-refractivity contribution in [2.75, 3.05) is 11.6 Å². The molecule has 2 aromatic rings. The molecule has 0 amide bonds. The summed E-state index contributed by atoms with van der Waals surface area (Å²) >= 11 is 0. The van der Waals surface area contributed by atoms with Gasteiger partial charge in [-0.25, -0.2) is 0 Å². The molecule has 2 atom stereocenters. The number of nitrogens with zero attached hydrogens (tertiary/aromatic N) is 2. The van der Waals surface area contributed by atoms with Crippen LogP contribution >= 0.6 is 0 Å². The fraction of sp³-hybridized carbons (Fsp3) is 0.500. The van der Waals surface area contributed by atoms with Gasteiger partial charge >= 0.3 is 0 Å². The highest BCUT2D eigenvalue weighted by Gasteiger charge is 2.50. The van der Waals surface area contributed by atoms with Gasteiger partial charge in [0.25, 0.3) is 0 Å². The molecule has 3 heteroatoms. The summed E-state index contributed by atoms with van der Waals surface area (Å²) in [6, 6.07) is 20.1. The van der Waals surface area contributed by atoms with E-state index in [1.54, 1.807) is 0 Å². The van der Waals surface area contributed by atoms with Crippen LogP contribution in [-0.4, -0.2) is 24.0 Å². The maximum absolute atomic E-state index is 5.21. The van der Waals surface area contributed by atoms with Crippen LogP contribution in [-0.2, 0) is 6.42 Å². The Kier molecular flexibility index (Phi) is 5.17. The lowest BCUT2D eigenvalue weighted by Gasteiger charge is -2.47. The molecule has 2 saturated carbocycles. The second-order valence-corrected chi connectivity index (χ2v) is 9.23. The van der Waals surface area contributed by atoms with Gasteiger partial charge in [0.05, 0.1) is 18.0 Å². The van der Waals surface area contributed by atoms with Gasteiger partial charge in [0.15, 0.2) is 0 Å². The van der Waals surface area contributed by atoms with E-state index >= 15 is 0 Å². The van der Waals surface area contributed by atoms with Crippen LogP contribution < -0.4 is 10.2 Å². The SMILES string of the molecule is CC(Cc1ccccc1)NCN1c2ccccc2N=C2CCCC2C12CCCC2. The van der Waals surface area contributed by atoms with Crippen molar-refractivity contribution in [3.05, 3.63) is 60.2 Å². The highest BCUT2D eigenvalue weighted by Crippen LogP contribution is 2.52. The van der Waals surface area contributed by atoms with Crippen LogP contribution in [0.15, 0.2) is 59.6 Å². The lowest BCUT2D eigenvalue weighted by molar-refractivity contribution is 0.302. The first-order valence-electron chi connectivity index (χ1n) is 11.5. The number of fused-ring (bicyclic) bond motifs is 3. The molecule has 0 saturated heterocycles. The van der Waals surface area contributed by atoms with Crippen molar-refractivity contribution in [2.24, 2.45) is 10.9 Å². The van der Waals surface area contributed by atoms with Crippen LogP contribution in [0.5, 0.6) is 0 Å². The van der Waals surface area contributed by atoms with Gasteiger partial charge in [0.1, 0.15) is 0 Å². The fourth-order valence-electron chi connectivity index (χ4n) is 6.05. The molecule has 152 valence electrons. The number of anilines is 1. The van der Waals surface area contributed by atoms with E-state index in [2.05, 4.69) is 71.7 Å². The van der Waals surface area contributed by atoms with E-state index in [9.17, 15) is 0 Å². The molecule has 3 aliphatic rings. The standard InChI is InChI=1S/C26H33N3/c1-20(18-21-10-3-2-4-11-21)27-19-29-25-15-6-5-13-24(25)28-23-14-9-12-22(23)26(29)16-7-8-17-26/h2-6,10-11,13,15,20,22,27H,7-9,12,14,16-19H2,1H3. The number of hydrogen-bond acceptors (Lipinski definition) is 3. The van der Waals surface area contributed by atoms with Crippen molar-refractivity contribution in [1.29, 1.82) is 0 Å². The van der Waals surface area contributed by atoms with Gasteiger partial charge in [-0.05, 0) is 63.1 Å². The number of benzene rings is 2. The number of hydrogen-bond donors (Lipinski definition) is 1. The Bertz CT molecular complexity index is 867. The van der Waals surface area contributed by atoms with Gasteiger partial charge in [0, 0.05) is 23.2 Å². The topological polar surface area (TPSA) is 27.6 Å². The minimum absolute atomic E-state index is 0.251. The maximum atomic E-state index is 5.21. The minimum Gasteiger partial charge on any atom is -0.351 e. The molecule has 1 aliphatic heterocycles. The van der Waals surface area contributed by atoms with Crippen molar-refractivity contribution < 1.29 is 0 Å². The van der Waals surface area contributed by atoms with Crippen LogP contribution in [0.4, 0.5) is 11.4 Å². The molecule has 2 aliphatic carbocycles. The molecule has 29 heavy (non-hydrogen) atoms. The molecule has 1 spiro atoms. The van der Waals surface area contributed by atoms with Crippen molar-refractivity contribution in [3.8, 4) is 0 Å². The molecule has 2 unspecified atom stereocenters. The van der Waals surface area contributed by atoms with Gasteiger partial charge in [-0.15, -0.1) is 0 Å². The summed E-state index contributed by atoms with van der Waals surface area (Å²) in [5.41, 5.74) is 5.63. The first kappa shape index (κ1) is 18.9. The van der Waals surface area contributed by atoms with E-state index in [1.165, 1.54) is 67.6 Å². The highest BCUT2D eigenvalue weighted by atomic mass is 15.3. The first-order valence-corrected chi connectivity index (χ1v) is 11.5. The van der Waals surface area contributed by atoms with Crippen LogP contribution in [0.1, 0.15) is 57.4 Å². The van der Waals surface area contributed by atoms with E-state index in [0.717, 1.165) is 13.1 Å². The predicted octanol–water partition coefficient (Wildman–Crippen LogP) is 5.87. The summed E-state index contributed by atoms with van der Waals surface area (Å²) in [6.07, 6.45) is 10.2. The molecular formula is C26H33N3. The monoisotopic (exact) mass is 387 g/mol. The largest absolute Gasteiger partial charge is 0.351 e. The third-order valence-electron chi connectivity index (χ3n) is 7.40. The van der Waals surface area contributed by atoms with Crippen LogP contribution in [0.3, 0.4) is 0 Å². The molecule has 0 bridgehead atoms. The smallest absolute Gasteiger partial charge is 0.0863 e. The summed E-state index contributed by atoms with van der Waals surface area (Å²) in [7, 11) is 0. The van der Waals surface area contributed by atoms with E-state index in [1.807, 2.05) is 0 Å². The lowest BCUT2D eigenvalue weighted by atomic mass is 9.78. The molecule has 1 heterocycles. The van der Waals surface area contributed by atoms with E-state index in [-0.39, 0.29) is 5.54 Å². The lowest BCUT2D eigenvalue weighted by Crippen LogP contribution is -2.57. The third kappa shape index (κ3) is 3.50. The second kappa shape index (κ2) is 7.95. The zero-order valence-electron chi connectivity index (χ0n) is 17.6. The Morgan fingerprint density at radius 2 is 1.79 bits per heavy atom. The molecule has 0 radical (unpaired) electrons. The van der Waals surface area contributed by atoms with Crippen molar-refractivity contribution in [2.45, 2.75) is 69.9 Å². The normalized spacial score (nSPS) is 23.4. The zero-order chi connectivity index (χ0) is 19.7. The summed E-state index contributed by atoms with van der Waals surface area (Å²) in [5, 5.41) is 3.88. The van der Waals surface area contributed by atoms with Crippen LogP contribution in [0.2, 0.25) is 0 Å². The van der Waals surface area contributed by atoms with Crippen LogP contribution in [0, 0.1) is 5.92 Å². The number of nitrogens with one attached hydrogen (secondary N) is 1. The molecular weight excluding hydrogens is 354 g/mol. The average molecular weight is 388 g/mol. The van der Waals surface area contributed by atoms with E-state index < -0.39 is 0 Å². The Hall–Kier alpha value is -2.13. The molecule has 1 N–H and O–H groups in total. The van der Waals surface area contributed by atoms with Gasteiger partial charge in [-0.3, -0.25) is 10.3 Å². The Morgan fingerprint density at radius 3 is 2.62 bits per heavy atom. The molecule has 0 aromatic heterocycles. The number of aliphatic imine (C=N–C) groups is 1. The molecule has 2 fully saturated rings. The van der Waals surface area contributed by atoms with Gasteiger partial charge in [-0.2, -0.15) is 0 Å². The summed E-state index contributed by atoms with van der Waals surface area (Å²) < 4.78 is 0. The Morgan fingerprint density at radius 1 is 1.03 bits per heavy atom.